The number of ether oxygens (including phenoxy) is 9. The average molecular weight is 1010 g/mol. The van der Waals surface area contributed by atoms with Gasteiger partial charge in [0.2, 0.25) is 11.8 Å². The molecule has 5 fully saturated rings. The SMILES string of the molecule is CC(=O)N[C@H]1[C@H](O[C@@H]2[C@H](O)[C@@H](O)[C@H](O[C@H]3[C@H](O)[C@@H](O)[C@H](O)O[C@@H]3CO)O[C@@H]2CO)O[C@H](CO)[C@H](O)[C@@H]1O[C@@H]1O[C@H](CO)[C@H](O)[C@H](O[C@]2(C(=O)O)C[C@H](O)[C@@H](NC(=O)CO)[C@H]([C@H](O)[C@H](O)CO)O2)[C@H]1O. The molecule has 0 bridgehead atoms. The van der Waals surface area contributed by atoms with E-state index in [1.807, 2.05) is 0 Å². The number of carboxylic acid groups (broad SMARTS) is 1. The Labute approximate surface area is 389 Å². The Balaban J connectivity index is 1.42. The van der Waals surface area contributed by atoms with E-state index < -0.39 is 223 Å². The summed E-state index contributed by atoms with van der Waals surface area (Å²) < 4.78 is 50.6. The minimum absolute atomic E-state index is 0.894. The maximum absolute atomic E-state index is 13.0. The molecule has 400 valence electrons. The summed E-state index contributed by atoms with van der Waals surface area (Å²) in [6, 6.07) is -3.64. The number of hydrogen-bond acceptors (Lipinski definition) is 29. The van der Waals surface area contributed by atoms with Gasteiger partial charge in [-0.05, 0) is 0 Å². The number of rotatable bonds is 19. The minimum atomic E-state index is -3.25. The number of aliphatic carboxylic acids is 1. The van der Waals surface area contributed by atoms with E-state index in [-0.39, 0.29) is 0 Å². The van der Waals surface area contributed by atoms with E-state index in [0.29, 0.717) is 0 Å². The number of aliphatic hydroxyl groups excluding tert-OH is 17. The minimum Gasteiger partial charge on any atom is -0.477 e. The van der Waals surface area contributed by atoms with E-state index in [4.69, 9.17) is 42.6 Å². The molecule has 5 rings (SSSR count). The topological polar surface area (TPSA) is 522 Å². The van der Waals surface area contributed by atoms with E-state index >= 15 is 0 Å². The fraction of sp³-hybridized carbons (Fsp3) is 0.919. The second kappa shape index (κ2) is 24.4. The summed E-state index contributed by atoms with van der Waals surface area (Å²) in [5.41, 5.74) is 0. The Bertz CT molecular complexity index is 1670. The Hall–Kier alpha value is -2.63. The highest BCUT2D eigenvalue weighted by Crippen LogP contribution is 2.39. The maximum atomic E-state index is 13.0. The van der Waals surface area contributed by atoms with Gasteiger partial charge in [0.25, 0.3) is 5.79 Å². The lowest BCUT2D eigenvalue weighted by molar-refractivity contribution is -0.388. The first kappa shape index (κ1) is 57.3. The average Bonchev–Trinajstić information content (AvgIpc) is 3.32. The van der Waals surface area contributed by atoms with Crippen molar-refractivity contribution >= 4 is 17.8 Å². The zero-order valence-electron chi connectivity index (χ0n) is 36.3. The molecule has 69 heavy (non-hydrogen) atoms. The third kappa shape index (κ3) is 12.3. The monoisotopic (exact) mass is 1010 g/mol. The van der Waals surface area contributed by atoms with Gasteiger partial charge in [-0.25, -0.2) is 4.79 Å². The Morgan fingerprint density at radius 3 is 1.62 bits per heavy atom. The van der Waals surface area contributed by atoms with Crippen molar-refractivity contribution in [2.75, 3.05) is 39.6 Å². The van der Waals surface area contributed by atoms with Crippen LogP contribution in [0.5, 0.6) is 0 Å². The van der Waals surface area contributed by atoms with Crippen molar-refractivity contribution in [2.24, 2.45) is 0 Å². The van der Waals surface area contributed by atoms with Gasteiger partial charge in [-0.15, -0.1) is 0 Å². The zero-order valence-corrected chi connectivity index (χ0v) is 36.3. The van der Waals surface area contributed by atoms with Crippen molar-refractivity contribution in [1.82, 2.24) is 10.6 Å². The van der Waals surface area contributed by atoms with Gasteiger partial charge < -0.3 is 145 Å². The first-order valence-corrected chi connectivity index (χ1v) is 21.4. The largest absolute Gasteiger partial charge is 0.477 e. The number of hydrogen-bond donors (Lipinski definition) is 20. The molecule has 0 aliphatic carbocycles. The molecular weight excluding hydrogens is 952 g/mol. The molecule has 32 heteroatoms. The van der Waals surface area contributed by atoms with Crippen LogP contribution < -0.4 is 10.6 Å². The quantitative estimate of drug-likeness (QED) is 0.0571. The molecule has 0 unspecified atom stereocenters. The molecule has 5 aliphatic rings. The molecule has 20 N–H and O–H groups in total. The van der Waals surface area contributed by atoms with Crippen molar-refractivity contribution in [3.8, 4) is 0 Å². The van der Waals surface area contributed by atoms with Crippen LogP contribution in [0.2, 0.25) is 0 Å². The predicted molar refractivity (Wildman–Crippen MR) is 208 cm³/mol. The summed E-state index contributed by atoms with van der Waals surface area (Å²) in [4.78, 5) is 37.8. The molecular formula is C37H62N2O30. The van der Waals surface area contributed by atoms with Gasteiger partial charge in [0.05, 0.1) is 45.2 Å². The summed E-state index contributed by atoms with van der Waals surface area (Å²) >= 11 is 0. The van der Waals surface area contributed by atoms with E-state index in [9.17, 15) is 106 Å². The number of nitrogens with one attached hydrogen (secondary N) is 2. The number of aliphatic hydroxyl groups is 17. The molecule has 0 aromatic carbocycles. The number of carboxylic acids is 1. The molecule has 0 aromatic rings. The number of amides is 2. The van der Waals surface area contributed by atoms with E-state index in [0.717, 1.165) is 6.92 Å². The standard InChI is InChI=1S/C37H62N2O30/c1-9(46)38-18-29(20(51)12(4-41)62-33(18)65-28-15(7-44)64-34(25(56)23(28)54)66-27-14(6-43)61-32(58)24(55)22(27)53)67-35-26(57)31(21(52)13(5-42)63-35)69-37(36(59)60)2-10(47)17(39-16(49)8-45)30(68-37)19(50)11(48)3-40/h10-15,17-35,40-45,47-48,50-58H,2-8H2,1H3,(H,38,46)(H,39,49)(H,59,60)/t10-,11+,12+,13+,14+,15+,17+,18+,19+,20-,21-,22+,23+,24+,25+,26+,27+,28-,29+,30+,31-,32+,33-,34-,35-,37-/m0/s1. The van der Waals surface area contributed by atoms with Crippen molar-refractivity contribution < 1.29 is 149 Å². The van der Waals surface area contributed by atoms with Crippen molar-refractivity contribution in [3.05, 3.63) is 0 Å². The van der Waals surface area contributed by atoms with Crippen LogP contribution in [0.15, 0.2) is 0 Å². The van der Waals surface area contributed by atoms with E-state index in [2.05, 4.69) is 10.6 Å². The van der Waals surface area contributed by atoms with Crippen LogP contribution >= 0.6 is 0 Å². The molecule has 0 spiro atoms. The first-order chi connectivity index (χ1) is 32.5. The number of carbonyl (C=O) groups excluding carboxylic acids is 2. The lowest BCUT2D eigenvalue weighted by Gasteiger charge is -2.51. The van der Waals surface area contributed by atoms with Crippen molar-refractivity contribution in [2.45, 2.75) is 172 Å². The van der Waals surface area contributed by atoms with Gasteiger partial charge in [0.15, 0.2) is 25.2 Å². The molecule has 5 saturated heterocycles. The molecule has 32 nitrogen and oxygen atoms in total. The molecule has 26 atom stereocenters. The summed E-state index contributed by atoms with van der Waals surface area (Å²) in [5.74, 6) is -7.44. The Kier molecular flexibility index (Phi) is 20.2. The molecule has 5 heterocycles. The van der Waals surface area contributed by atoms with Crippen LogP contribution in [0, 0.1) is 0 Å². The first-order valence-electron chi connectivity index (χ1n) is 21.4. The van der Waals surface area contributed by atoms with Crippen LogP contribution in [0.4, 0.5) is 0 Å². The summed E-state index contributed by atoms with van der Waals surface area (Å²) in [6.07, 6.45) is -47.9. The third-order valence-corrected chi connectivity index (χ3v) is 12.2. The van der Waals surface area contributed by atoms with E-state index in [1.165, 1.54) is 0 Å². The van der Waals surface area contributed by atoms with Gasteiger partial charge in [-0.3, -0.25) is 9.59 Å². The van der Waals surface area contributed by atoms with Gasteiger partial charge in [-0.2, -0.15) is 0 Å². The summed E-state index contributed by atoms with van der Waals surface area (Å²) in [6.45, 7) is -5.53. The third-order valence-electron chi connectivity index (χ3n) is 12.2. The van der Waals surface area contributed by atoms with Crippen LogP contribution in [0.3, 0.4) is 0 Å². The normalized spacial score (nSPS) is 46.1. The molecule has 0 aromatic heterocycles. The highest BCUT2D eigenvalue weighted by atomic mass is 16.8. The molecule has 5 aliphatic heterocycles. The van der Waals surface area contributed by atoms with Crippen LogP contribution in [-0.4, -0.2) is 308 Å². The molecule has 2 amide bonds. The van der Waals surface area contributed by atoms with Gasteiger partial charge in [0.1, 0.15) is 123 Å². The van der Waals surface area contributed by atoms with E-state index in [1.54, 1.807) is 0 Å². The Morgan fingerprint density at radius 1 is 0.594 bits per heavy atom. The fourth-order valence-corrected chi connectivity index (χ4v) is 8.54. The Morgan fingerprint density at radius 2 is 1.09 bits per heavy atom. The van der Waals surface area contributed by atoms with Crippen molar-refractivity contribution in [1.29, 1.82) is 0 Å². The second-order valence-electron chi connectivity index (χ2n) is 16.9. The zero-order chi connectivity index (χ0) is 51.4. The lowest BCUT2D eigenvalue weighted by Crippen LogP contribution is -2.71. The molecule has 0 saturated carbocycles. The molecule has 0 radical (unpaired) electrons. The smallest absolute Gasteiger partial charge is 0.364 e. The predicted octanol–water partition coefficient (Wildman–Crippen LogP) is -13.5. The van der Waals surface area contributed by atoms with Crippen LogP contribution in [0.25, 0.3) is 0 Å². The van der Waals surface area contributed by atoms with Crippen LogP contribution in [0.1, 0.15) is 13.3 Å². The van der Waals surface area contributed by atoms with Crippen molar-refractivity contribution in [3.63, 3.8) is 0 Å². The maximum Gasteiger partial charge on any atom is 0.364 e. The van der Waals surface area contributed by atoms with Gasteiger partial charge in [0, 0.05) is 13.3 Å². The second-order valence-corrected chi connectivity index (χ2v) is 16.9. The van der Waals surface area contributed by atoms with Crippen LogP contribution in [-0.2, 0) is 57.0 Å². The van der Waals surface area contributed by atoms with Gasteiger partial charge >= 0.3 is 5.97 Å². The lowest BCUT2D eigenvalue weighted by atomic mass is 9.88. The highest BCUT2D eigenvalue weighted by Gasteiger charge is 2.61. The van der Waals surface area contributed by atoms with Gasteiger partial charge in [-0.1, -0.05) is 0 Å². The summed E-state index contributed by atoms with van der Waals surface area (Å²) in [5, 5.41) is 194. The summed E-state index contributed by atoms with van der Waals surface area (Å²) in [7, 11) is 0. The highest BCUT2D eigenvalue weighted by molar-refractivity contribution is 5.78. The fourth-order valence-electron chi connectivity index (χ4n) is 8.54. The number of carbonyl (C=O) groups is 3.